The fourth-order valence-electron chi connectivity index (χ4n) is 3.77. The maximum atomic E-state index is 11.9. The van der Waals surface area contributed by atoms with Crippen LogP contribution in [0, 0.1) is 0 Å². The van der Waals surface area contributed by atoms with Crippen molar-refractivity contribution in [2.45, 2.75) is 4.90 Å². The number of rotatable bonds is 3. The lowest BCUT2D eigenvalue weighted by Gasteiger charge is -2.06. The van der Waals surface area contributed by atoms with Gasteiger partial charge in [0.2, 0.25) is 0 Å². The van der Waals surface area contributed by atoms with Gasteiger partial charge in [-0.1, -0.05) is 48.5 Å². The van der Waals surface area contributed by atoms with Crippen molar-refractivity contribution in [2.24, 2.45) is 0 Å². The quantitative estimate of drug-likeness (QED) is 0.272. The van der Waals surface area contributed by atoms with Crippen LogP contribution in [0.25, 0.3) is 44.3 Å². The molecule has 0 saturated heterocycles. The summed E-state index contributed by atoms with van der Waals surface area (Å²) < 4.78 is 33.5. The highest BCUT2D eigenvalue weighted by atomic mass is 35.5. The van der Waals surface area contributed by atoms with E-state index in [-0.39, 0.29) is 39.6 Å². The van der Waals surface area contributed by atoms with Gasteiger partial charge in [-0.3, -0.25) is 4.55 Å². The summed E-state index contributed by atoms with van der Waals surface area (Å²) in [6.45, 7) is 0. The van der Waals surface area contributed by atoms with Crippen LogP contribution in [0.4, 0.5) is 0 Å². The number of nitrogens with zero attached hydrogens (tertiary/aromatic N) is 1. The number of H-pyrrole nitrogens is 1. The van der Waals surface area contributed by atoms with E-state index in [0.717, 1.165) is 11.1 Å². The minimum atomic E-state index is -4.55. The van der Waals surface area contributed by atoms with Gasteiger partial charge in [0.25, 0.3) is 10.1 Å². The third-order valence-electron chi connectivity index (χ3n) is 5.19. The zero-order valence-electron chi connectivity index (χ0n) is 16.4. The van der Waals surface area contributed by atoms with Gasteiger partial charge in [-0.2, -0.15) is 8.42 Å². The molecule has 4 aromatic carbocycles. The summed E-state index contributed by atoms with van der Waals surface area (Å²) in [4.78, 5) is 7.15. The van der Waals surface area contributed by atoms with Gasteiger partial charge in [-0.05, 0) is 35.4 Å². The summed E-state index contributed by atoms with van der Waals surface area (Å²) >= 11 is 0. The van der Waals surface area contributed by atoms with E-state index in [1.807, 2.05) is 36.4 Å². The monoisotopic (exact) mass is 468 g/mol. The van der Waals surface area contributed by atoms with E-state index in [1.165, 1.54) is 24.3 Å². The molecule has 0 unspecified atom stereocenters. The number of phenols is 2. The molecular formula is C23H17ClN2O5S. The third-order valence-corrected chi connectivity index (χ3v) is 6.08. The van der Waals surface area contributed by atoms with E-state index in [1.54, 1.807) is 12.1 Å². The van der Waals surface area contributed by atoms with Crippen LogP contribution in [-0.2, 0) is 10.1 Å². The van der Waals surface area contributed by atoms with E-state index in [0.29, 0.717) is 22.4 Å². The fraction of sp³-hybridized carbons (Fsp3) is 0. The highest BCUT2D eigenvalue weighted by Gasteiger charge is 2.21. The number of hydrogen-bond donors (Lipinski definition) is 4. The Labute approximate surface area is 189 Å². The zero-order chi connectivity index (χ0) is 21.8. The van der Waals surface area contributed by atoms with Crippen molar-refractivity contribution < 1.29 is 23.2 Å². The van der Waals surface area contributed by atoms with E-state index >= 15 is 0 Å². The topological polar surface area (TPSA) is 124 Å². The first-order valence-electron chi connectivity index (χ1n) is 9.33. The van der Waals surface area contributed by atoms with Gasteiger partial charge in [0, 0.05) is 5.39 Å². The Morgan fingerprint density at radius 1 is 0.812 bits per heavy atom. The van der Waals surface area contributed by atoms with Crippen LogP contribution in [0.2, 0.25) is 0 Å². The summed E-state index contributed by atoms with van der Waals surface area (Å²) in [6, 6.07) is 20.4. The molecular weight excluding hydrogens is 452 g/mol. The molecule has 0 amide bonds. The molecule has 1 aromatic heterocycles. The van der Waals surface area contributed by atoms with E-state index < -0.39 is 10.1 Å². The van der Waals surface area contributed by atoms with Gasteiger partial charge in [0.05, 0.1) is 16.5 Å². The Morgan fingerprint density at radius 3 is 2.25 bits per heavy atom. The molecule has 0 radical (unpaired) electrons. The molecule has 9 heteroatoms. The Kier molecular flexibility index (Phi) is 5.29. The highest BCUT2D eigenvalue weighted by molar-refractivity contribution is 7.86. The van der Waals surface area contributed by atoms with Gasteiger partial charge in [0.1, 0.15) is 27.7 Å². The second-order valence-corrected chi connectivity index (χ2v) is 8.52. The van der Waals surface area contributed by atoms with Crippen LogP contribution >= 0.6 is 12.4 Å². The largest absolute Gasteiger partial charge is 0.507 e. The molecule has 5 rings (SSSR count). The number of benzene rings is 4. The molecule has 1 heterocycles. The Morgan fingerprint density at radius 2 is 1.56 bits per heavy atom. The third kappa shape index (κ3) is 3.54. The molecule has 0 bridgehead atoms. The van der Waals surface area contributed by atoms with Crippen molar-refractivity contribution in [3.63, 3.8) is 0 Å². The van der Waals surface area contributed by atoms with Crippen LogP contribution in [-0.4, -0.2) is 33.2 Å². The molecule has 0 saturated carbocycles. The number of aromatic nitrogens is 2. The second-order valence-electron chi connectivity index (χ2n) is 7.13. The van der Waals surface area contributed by atoms with Crippen LogP contribution < -0.4 is 0 Å². The smallest absolute Gasteiger partial charge is 0.295 e. The molecule has 0 aliphatic carbocycles. The first-order chi connectivity index (χ1) is 14.8. The lowest BCUT2D eigenvalue weighted by atomic mass is 10.0. The molecule has 0 spiro atoms. The maximum Gasteiger partial charge on any atom is 0.295 e. The first-order valence-corrected chi connectivity index (χ1v) is 10.8. The number of imidazole rings is 1. The molecule has 162 valence electrons. The Balaban J connectivity index is 0.00000245. The van der Waals surface area contributed by atoms with Gasteiger partial charge in [0.15, 0.2) is 0 Å². The average molecular weight is 469 g/mol. The Hall–Kier alpha value is -3.59. The van der Waals surface area contributed by atoms with Gasteiger partial charge in [-0.15, -0.1) is 12.4 Å². The summed E-state index contributed by atoms with van der Waals surface area (Å²) in [5, 5.41) is 21.4. The number of fused-ring (bicyclic) bond motifs is 3. The fourth-order valence-corrected chi connectivity index (χ4v) is 4.48. The van der Waals surface area contributed by atoms with E-state index in [9.17, 15) is 23.2 Å². The predicted molar refractivity (Wildman–Crippen MR) is 125 cm³/mol. The standard InChI is InChI=1S/C23H16N2O5S.ClH/c26-18-8-4-7-16-20(31(28,29)30)12-17-22(21(16)18)25-23(24-17)15-10-9-14(11-19(15)27)13-5-2-1-3-6-13;/h1-12,26-27H,(H,24,25)(H,28,29,30);1H. The minimum Gasteiger partial charge on any atom is -0.507 e. The van der Waals surface area contributed by atoms with Crippen molar-refractivity contribution in [1.29, 1.82) is 0 Å². The molecule has 0 atom stereocenters. The van der Waals surface area contributed by atoms with Gasteiger partial charge < -0.3 is 15.2 Å². The van der Waals surface area contributed by atoms with Gasteiger partial charge >= 0.3 is 0 Å². The molecule has 32 heavy (non-hydrogen) atoms. The number of aromatic amines is 1. The van der Waals surface area contributed by atoms with Crippen LogP contribution in [0.15, 0.2) is 77.7 Å². The maximum absolute atomic E-state index is 11.9. The average Bonchev–Trinajstić information content (AvgIpc) is 3.17. The number of hydrogen-bond acceptors (Lipinski definition) is 5. The summed E-state index contributed by atoms with van der Waals surface area (Å²) in [5.41, 5.74) is 2.80. The summed E-state index contributed by atoms with van der Waals surface area (Å²) in [5.74, 6) is 0.114. The first kappa shape index (κ1) is 21.6. The lowest BCUT2D eigenvalue weighted by molar-refractivity contribution is 0.477. The second kappa shape index (κ2) is 7.83. The van der Waals surface area contributed by atoms with Crippen LogP contribution in [0.5, 0.6) is 11.5 Å². The molecule has 4 N–H and O–H groups in total. The number of aromatic hydroxyl groups is 2. The van der Waals surface area contributed by atoms with E-state index in [2.05, 4.69) is 9.97 Å². The molecule has 7 nitrogen and oxygen atoms in total. The molecule has 5 aromatic rings. The Bertz CT molecular complexity index is 1580. The highest BCUT2D eigenvalue weighted by Crippen LogP contribution is 2.38. The SMILES string of the molecule is Cl.O=S(=O)(O)c1cc2[nH]c(-c3ccc(-c4ccccc4)cc3O)nc2c2c(O)cccc12. The van der Waals surface area contributed by atoms with Crippen molar-refractivity contribution in [3.05, 3.63) is 72.8 Å². The lowest BCUT2D eigenvalue weighted by Crippen LogP contribution is -1.99. The van der Waals surface area contributed by atoms with Crippen molar-refractivity contribution >= 4 is 44.3 Å². The molecule has 0 aliphatic heterocycles. The molecule has 0 aliphatic rings. The van der Waals surface area contributed by atoms with Crippen LogP contribution in [0.1, 0.15) is 0 Å². The van der Waals surface area contributed by atoms with Gasteiger partial charge in [-0.25, -0.2) is 4.98 Å². The number of nitrogens with one attached hydrogen (secondary N) is 1. The van der Waals surface area contributed by atoms with Crippen molar-refractivity contribution in [2.75, 3.05) is 0 Å². The minimum absolute atomic E-state index is 0. The summed E-state index contributed by atoms with van der Waals surface area (Å²) in [7, 11) is -4.55. The normalized spacial score (nSPS) is 11.5. The number of phenolic OH excluding ortho intramolecular Hbond substituents is 2. The van der Waals surface area contributed by atoms with Crippen molar-refractivity contribution in [3.8, 4) is 34.0 Å². The van der Waals surface area contributed by atoms with Crippen LogP contribution in [0.3, 0.4) is 0 Å². The summed E-state index contributed by atoms with van der Waals surface area (Å²) in [6.07, 6.45) is 0. The van der Waals surface area contributed by atoms with E-state index in [4.69, 9.17) is 0 Å². The predicted octanol–water partition coefficient (Wildman–Crippen LogP) is 5.13. The van der Waals surface area contributed by atoms with Crippen molar-refractivity contribution in [1.82, 2.24) is 9.97 Å². The zero-order valence-corrected chi connectivity index (χ0v) is 18.0. The number of halogens is 1. The molecule has 0 fully saturated rings.